The van der Waals surface area contributed by atoms with E-state index in [1.807, 2.05) is 24.3 Å². The van der Waals surface area contributed by atoms with Crippen LogP contribution in [-0.2, 0) is 11.2 Å². The number of nitrogen functional groups attached to an aromatic ring is 1. The number of amides is 1. The molecular formula is C14H20N2O. The molecule has 1 aromatic rings. The Morgan fingerprint density at radius 3 is 2.47 bits per heavy atom. The Labute approximate surface area is 102 Å². The summed E-state index contributed by atoms with van der Waals surface area (Å²) in [4.78, 5) is 11.9. The van der Waals surface area contributed by atoms with Gasteiger partial charge in [-0.05, 0) is 43.4 Å². The fourth-order valence-electron chi connectivity index (χ4n) is 2.53. The van der Waals surface area contributed by atoms with Crippen molar-refractivity contribution in [1.82, 2.24) is 5.32 Å². The zero-order valence-electron chi connectivity index (χ0n) is 10.3. The predicted molar refractivity (Wildman–Crippen MR) is 69.5 cm³/mol. The lowest BCUT2D eigenvalue weighted by Crippen LogP contribution is -2.44. The van der Waals surface area contributed by atoms with Crippen LogP contribution in [0.5, 0.6) is 0 Å². The van der Waals surface area contributed by atoms with Crippen LogP contribution in [0.25, 0.3) is 0 Å². The van der Waals surface area contributed by atoms with Crippen molar-refractivity contribution in [2.45, 2.75) is 32.1 Å². The lowest BCUT2D eigenvalue weighted by molar-refractivity contribution is -0.135. The van der Waals surface area contributed by atoms with E-state index in [9.17, 15) is 4.79 Å². The molecule has 2 rings (SSSR count). The van der Waals surface area contributed by atoms with Gasteiger partial charge in [-0.3, -0.25) is 4.79 Å². The first-order valence-corrected chi connectivity index (χ1v) is 6.23. The van der Waals surface area contributed by atoms with Crippen LogP contribution in [0.2, 0.25) is 0 Å². The van der Waals surface area contributed by atoms with E-state index >= 15 is 0 Å². The Hall–Kier alpha value is -1.51. The van der Waals surface area contributed by atoms with Gasteiger partial charge in [0.25, 0.3) is 0 Å². The molecule has 0 bridgehead atoms. The Bertz CT molecular complexity index is 393. The van der Waals surface area contributed by atoms with Crippen molar-refractivity contribution in [3.8, 4) is 0 Å². The van der Waals surface area contributed by atoms with E-state index in [4.69, 9.17) is 5.73 Å². The summed E-state index contributed by atoms with van der Waals surface area (Å²) >= 11 is 0. The second-order valence-corrected chi connectivity index (χ2v) is 4.95. The molecule has 3 N–H and O–H groups in total. The van der Waals surface area contributed by atoms with Gasteiger partial charge in [0.2, 0.25) is 5.91 Å². The second-order valence-electron chi connectivity index (χ2n) is 4.95. The van der Waals surface area contributed by atoms with Crippen molar-refractivity contribution < 1.29 is 4.79 Å². The standard InChI is InChI=1S/C14H20N2O/c1-16-13(17)14(8-2-9-14)10-7-11-3-5-12(15)6-4-11/h3-6H,2,7-10,15H2,1H3,(H,16,17). The zero-order valence-corrected chi connectivity index (χ0v) is 10.3. The summed E-state index contributed by atoms with van der Waals surface area (Å²) in [6, 6.07) is 7.93. The van der Waals surface area contributed by atoms with Crippen LogP contribution in [0, 0.1) is 5.41 Å². The smallest absolute Gasteiger partial charge is 0.225 e. The summed E-state index contributed by atoms with van der Waals surface area (Å²) < 4.78 is 0. The summed E-state index contributed by atoms with van der Waals surface area (Å²) in [7, 11) is 1.73. The Morgan fingerprint density at radius 1 is 1.35 bits per heavy atom. The van der Waals surface area contributed by atoms with E-state index in [0.717, 1.165) is 31.4 Å². The van der Waals surface area contributed by atoms with Gasteiger partial charge in [0.15, 0.2) is 0 Å². The van der Waals surface area contributed by atoms with Crippen molar-refractivity contribution >= 4 is 11.6 Å². The van der Waals surface area contributed by atoms with Gasteiger partial charge in [0.05, 0.1) is 0 Å². The monoisotopic (exact) mass is 232 g/mol. The zero-order chi connectivity index (χ0) is 12.3. The third kappa shape index (κ3) is 2.43. The molecule has 1 saturated carbocycles. The van der Waals surface area contributed by atoms with Crippen LogP contribution < -0.4 is 11.1 Å². The summed E-state index contributed by atoms with van der Waals surface area (Å²) in [6.45, 7) is 0. The second kappa shape index (κ2) is 4.78. The lowest BCUT2D eigenvalue weighted by Gasteiger charge is -2.40. The number of nitrogens with two attached hydrogens (primary N) is 1. The van der Waals surface area contributed by atoms with E-state index in [0.29, 0.717) is 0 Å². The molecule has 0 saturated heterocycles. The highest BCUT2D eigenvalue weighted by atomic mass is 16.2. The Morgan fingerprint density at radius 2 is 2.00 bits per heavy atom. The molecule has 0 radical (unpaired) electrons. The van der Waals surface area contributed by atoms with Gasteiger partial charge in [0, 0.05) is 18.2 Å². The number of aryl methyl sites for hydroxylation is 1. The number of rotatable bonds is 4. The topological polar surface area (TPSA) is 55.1 Å². The van der Waals surface area contributed by atoms with Crippen LogP contribution in [0.4, 0.5) is 5.69 Å². The summed E-state index contributed by atoms with van der Waals surface area (Å²) in [5.41, 5.74) is 7.60. The lowest BCUT2D eigenvalue weighted by atomic mass is 9.65. The summed E-state index contributed by atoms with van der Waals surface area (Å²) in [5.74, 6) is 0.208. The number of hydrogen-bond acceptors (Lipinski definition) is 2. The number of hydrogen-bond donors (Lipinski definition) is 2. The minimum absolute atomic E-state index is 0.101. The maximum Gasteiger partial charge on any atom is 0.225 e. The molecule has 0 unspecified atom stereocenters. The first-order chi connectivity index (χ1) is 8.16. The molecule has 0 atom stereocenters. The van der Waals surface area contributed by atoms with Gasteiger partial charge in [-0.2, -0.15) is 0 Å². The van der Waals surface area contributed by atoms with Gasteiger partial charge in [-0.15, -0.1) is 0 Å². The van der Waals surface area contributed by atoms with E-state index in [-0.39, 0.29) is 11.3 Å². The van der Waals surface area contributed by atoms with Crippen LogP contribution in [0.1, 0.15) is 31.2 Å². The molecule has 1 aliphatic rings. The van der Waals surface area contributed by atoms with Crippen LogP contribution in [-0.4, -0.2) is 13.0 Å². The fraction of sp³-hybridized carbons (Fsp3) is 0.500. The van der Waals surface area contributed by atoms with Crippen LogP contribution in [0.3, 0.4) is 0 Å². The van der Waals surface area contributed by atoms with E-state index in [2.05, 4.69) is 5.32 Å². The SMILES string of the molecule is CNC(=O)C1(CCc2ccc(N)cc2)CCC1. The number of anilines is 1. The van der Waals surface area contributed by atoms with Gasteiger partial charge in [0.1, 0.15) is 0 Å². The van der Waals surface area contributed by atoms with Crippen molar-refractivity contribution in [1.29, 1.82) is 0 Å². The maximum atomic E-state index is 11.9. The molecule has 3 heteroatoms. The number of benzene rings is 1. The molecule has 1 amide bonds. The van der Waals surface area contributed by atoms with Crippen molar-refractivity contribution in [3.05, 3.63) is 29.8 Å². The number of nitrogens with one attached hydrogen (secondary N) is 1. The highest BCUT2D eigenvalue weighted by Crippen LogP contribution is 2.44. The highest BCUT2D eigenvalue weighted by Gasteiger charge is 2.42. The predicted octanol–water partition coefficient (Wildman–Crippen LogP) is 2.12. The number of carbonyl (C=O) groups excluding carboxylic acids is 1. The average Bonchev–Trinajstić information content (AvgIpc) is 2.29. The molecule has 0 aromatic heterocycles. The normalized spacial score (nSPS) is 17.2. The molecule has 0 heterocycles. The largest absolute Gasteiger partial charge is 0.399 e. The molecule has 1 aliphatic carbocycles. The minimum Gasteiger partial charge on any atom is -0.399 e. The fourth-order valence-corrected chi connectivity index (χ4v) is 2.53. The van der Waals surface area contributed by atoms with Gasteiger partial charge in [-0.1, -0.05) is 18.6 Å². The minimum atomic E-state index is -0.101. The third-order valence-corrected chi connectivity index (χ3v) is 3.89. The molecule has 1 fully saturated rings. The number of carbonyl (C=O) groups is 1. The van der Waals surface area contributed by atoms with Crippen LogP contribution in [0.15, 0.2) is 24.3 Å². The maximum absolute atomic E-state index is 11.9. The molecule has 0 aliphatic heterocycles. The molecular weight excluding hydrogens is 212 g/mol. The summed E-state index contributed by atoms with van der Waals surface area (Å²) in [6.07, 6.45) is 5.13. The van der Waals surface area contributed by atoms with Gasteiger partial charge >= 0.3 is 0 Å². The van der Waals surface area contributed by atoms with E-state index in [1.165, 1.54) is 12.0 Å². The van der Waals surface area contributed by atoms with Gasteiger partial charge < -0.3 is 11.1 Å². The van der Waals surface area contributed by atoms with Crippen molar-refractivity contribution in [2.75, 3.05) is 12.8 Å². The van der Waals surface area contributed by atoms with E-state index < -0.39 is 0 Å². The Balaban J connectivity index is 1.96. The molecule has 0 spiro atoms. The first-order valence-electron chi connectivity index (χ1n) is 6.23. The first kappa shape index (κ1) is 12.0. The molecule has 1 aromatic carbocycles. The Kier molecular flexibility index (Phi) is 3.36. The molecule has 92 valence electrons. The van der Waals surface area contributed by atoms with Crippen molar-refractivity contribution in [3.63, 3.8) is 0 Å². The van der Waals surface area contributed by atoms with Gasteiger partial charge in [-0.25, -0.2) is 0 Å². The van der Waals surface area contributed by atoms with Crippen LogP contribution >= 0.6 is 0 Å². The van der Waals surface area contributed by atoms with E-state index in [1.54, 1.807) is 7.05 Å². The van der Waals surface area contributed by atoms with Crippen molar-refractivity contribution in [2.24, 2.45) is 5.41 Å². The highest BCUT2D eigenvalue weighted by molar-refractivity contribution is 5.83. The molecule has 17 heavy (non-hydrogen) atoms. The quantitative estimate of drug-likeness (QED) is 0.781. The molecule has 3 nitrogen and oxygen atoms in total. The summed E-state index contributed by atoms with van der Waals surface area (Å²) in [5, 5.41) is 2.79. The average molecular weight is 232 g/mol. The third-order valence-electron chi connectivity index (χ3n) is 3.89.